The molecule has 1 aromatic carbocycles. The number of nitrogens with one attached hydrogen (secondary N) is 1. The van der Waals surface area contributed by atoms with Crippen molar-refractivity contribution < 1.29 is 0 Å². The number of fused-ring (bicyclic) bond motifs is 1. The first-order chi connectivity index (χ1) is 9.74. The van der Waals surface area contributed by atoms with E-state index in [0.717, 1.165) is 18.4 Å². The van der Waals surface area contributed by atoms with Gasteiger partial charge in [-0.3, -0.25) is 0 Å². The summed E-state index contributed by atoms with van der Waals surface area (Å²) in [4.78, 5) is 2.67. The molecule has 1 aromatic rings. The minimum atomic E-state index is 0.308. The molecule has 3 aliphatic rings. The van der Waals surface area contributed by atoms with Crippen molar-refractivity contribution >= 4 is 5.69 Å². The minimum absolute atomic E-state index is 0.308. The van der Waals surface area contributed by atoms with Gasteiger partial charge in [-0.25, -0.2) is 0 Å². The van der Waals surface area contributed by atoms with Crippen LogP contribution in [0.15, 0.2) is 24.3 Å². The van der Waals surface area contributed by atoms with Gasteiger partial charge in [0, 0.05) is 30.9 Å². The van der Waals surface area contributed by atoms with E-state index in [0.29, 0.717) is 5.54 Å². The highest BCUT2D eigenvalue weighted by Gasteiger charge is 2.43. The molecule has 0 radical (unpaired) electrons. The number of hydrogen-bond acceptors (Lipinski definition) is 2. The van der Waals surface area contributed by atoms with Crippen LogP contribution in [0.3, 0.4) is 0 Å². The van der Waals surface area contributed by atoms with Crippen LogP contribution in [0.5, 0.6) is 0 Å². The highest BCUT2D eigenvalue weighted by molar-refractivity contribution is 5.55. The zero-order valence-corrected chi connectivity index (χ0v) is 12.6. The first-order valence-corrected chi connectivity index (χ1v) is 8.32. The van der Waals surface area contributed by atoms with Crippen LogP contribution in [0.2, 0.25) is 0 Å². The van der Waals surface area contributed by atoms with Crippen LogP contribution in [-0.4, -0.2) is 18.6 Å². The quantitative estimate of drug-likeness (QED) is 0.900. The van der Waals surface area contributed by atoms with Crippen molar-refractivity contribution in [3.05, 3.63) is 29.8 Å². The smallest absolute Gasteiger partial charge is 0.0412 e. The van der Waals surface area contributed by atoms with Gasteiger partial charge in [0.1, 0.15) is 0 Å². The first-order valence-electron chi connectivity index (χ1n) is 8.32. The molecule has 0 spiro atoms. The summed E-state index contributed by atoms with van der Waals surface area (Å²) in [7, 11) is 0. The summed E-state index contributed by atoms with van der Waals surface area (Å²) in [5.74, 6) is 1.91. The van der Waals surface area contributed by atoms with Crippen LogP contribution >= 0.6 is 0 Å². The minimum Gasteiger partial charge on any atom is -0.369 e. The second kappa shape index (κ2) is 4.77. The Hall–Kier alpha value is -1.02. The molecular weight excluding hydrogens is 244 g/mol. The average Bonchev–Trinajstić information content (AvgIpc) is 3.30. The van der Waals surface area contributed by atoms with Crippen molar-refractivity contribution in [1.82, 2.24) is 5.32 Å². The van der Waals surface area contributed by atoms with Gasteiger partial charge in [0.15, 0.2) is 0 Å². The summed E-state index contributed by atoms with van der Waals surface area (Å²) < 4.78 is 0. The zero-order valence-electron chi connectivity index (χ0n) is 12.6. The molecule has 20 heavy (non-hydrogen) atoms. The third-order valence-corrected chi connectivity index (χ3v) is 5.52. The molecule has 2 fully saturated rings. The molecule has 2 saturated carbocycles. The van der Waals surface area contributed by atoms with Gasteiger partial charge in [0.25, 0.3) is 0 Å². The van der Waals surface area contributed by atoms with E-state index in [-0.39, 0.29) is 0 Å². The van der Waals surface area contributed by atoms with E-state index in [1.54, 1.807) is 0 Å². The number of benzene rings is 1. The SMILES string of the molecule is CC1(C2CC2)CN(CCC2CC2)c2ccccc2CN1. The van der Waals surface area contributed by atoms with Gasteiger partial charge in [-0.2, -0.15) is 0 Å². The lowest BCUT2D eigenvalue weighted by molar-refractivity contribution is 0.315. The highest BCUT2D eigenvalue weighted by Crippen LogP contribution is 2.42. The largest absolute Gasteiger partial charge is 0.369 e. The second-order valence-corrected chi connectivity index (χ2v) is 7.33. The Morgan fingerprint density at radius 3 is 2.75 bits per heavy atom. The summed E-state index contributed by atoms with van der Waals surface area (Å²) in [5.41, 5.74) is 3.26. The van der Waals surface area contributed by atoms with Crippen molar-refractivity contribution in [3.8, 4) is 0 Å². The van der Waals surface area contributed by atoms with Crippen LogP contribution in [0.1, 0.15) is 44.6 Å². The van der Waals surface area contributed by atoms with Crippen LogP contribution in [0.25, 0.3) is 0 Å². The van der Waals surface area contributed by atoms with E-state index in [2.05, 4.69) is 41.4 Å². The van der Waals surface area contributed by atoms with E-state index in [1.165, 1.54) is 56.4 Å². The summed E-state index contributed by atoms with van der Waals surface area (Å²) >= 11 is 0. The third-order valence-electron chi connectivity index (χ3n) is 5.52. The van der Waals surface area contributed by atoms with Crippen LogP contribution < -0.4 is 10.2 Å². The predicted octanol–water partition coefficient (Wildman–Crippen LogP) is 3.57. The van der Waals surface area contributed by atoms with Crippen LogP contribution in [0.4, 0.5) is 5.69 Å². The van der Waals surface area contributed by atoms with Crippen molar-refractivity contribution in [2.24, 2.45) is 11.8 Å². The number of rotatable bonds is 4. The Balaban J connectivity index is 1.59. The van der Waals surface area contributed by atoms with Gasteiger partial charge in [-0.1, -0.05) is 31.0 Å². The number of anilines is 1. The summed E-state index contributed by atoms with van der Waals surface area (Å²) in [5, 5.41) is 3.87. The fraction of sp³-hybridized carbons (Fsp3) is 0.667. The van der Waals surface area contributed by atoms with Crippen molar-refractivity contribution in [3.63, 3.8) is 0 Å². The fourth-order valence-electron chi connectivity index (χ4n) is 3.74. The van der Waals surface area contributed by atoms with Gasteiger partial charge in [0.2, 0.25) is 0 Å². The van der Waals surface area contributed by atoms with E-state index in [9.17, 15) is 0 Å². The van der Waals surface area contributed by atoms with Crippen LogP contribution in [0, 0.1) is 11.8 Å². The van der Waals surface area contributed by atoms with Crippen molar-refractivity contribution in [1.29, 1.82) is 0 Å². The Labute approximate surface area is 122 Å². The lowest BCUT2D eigenvalue weighted by atomic mass is 9.95. The second-order valence-electron chi connectivity index (χ2n) is 7.33. The highest BCUT2D eigenvalue weighted by atomic mass is 15.2. The maximum atomic E-state index is 3.87. The van der Waals surface area contributed by atoms with Gasteiger partial charge in [-0.05, 0) is 49.7 Å². The van der Waals surface area contributed by atoms with E-state index in [4.69, 9.17) is 0 Å². The molecule has 1 aliphatic heterocycles. The van der Waals surface area contributed by atoms with E-state index >= 15 is 0 Å². The summed E-state index contributed by atoms with van der Waals surface area (Å²) in [6, 6.07) is 9.00. The monoisotopic (exact) mass is 270 g/mol. The lowest BCUT2D eigenvalue weighted by Gasteiger charge is -2.35. The van der Waals surface area contributed by atoms with Gasteiger partial charge < -0.3 is 10.2 Å². The number of para-hydroxylation sites is 1. The van der Waals surface area contributed by atoms with Crippen LogP contribution in [-0.2, 0) is 6.54 Å². The Bertz CT molecular complexity index is 490. The molecule has 1 heterocycles. The molecule has 0 bridgehead atoms. The average molecular weight is 270 g/mol. The molecule has 2 aliphatic carbocycles. The topological polar surface area (TPSA) is 15.3 Å². The number of hydrogen-bond donors (Lipinski definition) is 1. The maximum absolute atomic E-state index is 3.87. The summed E-state index contributed by atoms with van der Waals surface area (Å²) in [6.45, 7) is 5.90. The molecule has 0 amide bonds. The van der Waals surface area contributed by atoms with Crippen molar-refractivity contribution in [2.45, 2.75) is 51.1 Å². The lowest BCUT2D eigenvalue weighted by Crippen LogP contribution is -2.51. The molecular formula is C18H26N2. The van der Waals surface area contributed by atoms with E-state index in [1.807, 2.05) is 0 Å². The molecule has 108 valence electrons. The normalized spacial score (nSPS) is 29.9. The number of nitrogens with zero attached hydrogens (tertiary/aromatic N) is 1. The third kappa shape index (κ3) is 2.46. The molecule has 2 nitrogen and oxygen atoms in total. The van der Waals surface area contributed by atoms with Gasteiger partial charge >= 0.3 is 0 Å². The van der Waals surface area contributed by atoms with E-state index < -0.39 is 0 Å². The molecule has 0 saturated heterocycles. The molecule has 0 aromatic heterocycles. The molecule has 1 N–H and O–H groups in total. The fourth-order valence-corrected chi connectivity index (χ4v) is 3.74. The Morgan fingerprint density at radius 1 is 1.20 bits per heavy atom. The Morgan fingerprint density at radius 2 is 2.00 bits per heavy atom. The van der Waals surface area contributed by atoms with Gasteiger partial charge in [-0.15, -0.1) is 0 Å². The standard InChI is InChI=1S/C18H26N2/c1-18(16-8-9-16)13-20(11-10-14-6-7-14)17-5-3-2-4-15(17)12-19-18/h2-5,14,16,19H,6-13H2,1H3. The molecule has 1 unspecified atom stereocenters. The summed E-state index contributed by atoms with van der Waals surface area (Å²) in [6.07, 6.45) is 7.14. The maximum Gasteiger partial charge on any atom is 0.0412 e. The first kappa shape index (κ1) is 12.7. The van der Waals surface area contributed by atoms with Crippen molar-refractivity contribution in [2.75, 3.05) is 18.0 Å². The molecule has 1 atom stereocenters. The Kier molecular flexibility index (Phi) is 3.03. The predicted molar refractivity (Wildman–Crippen MR) is 84.0 cm³/mol. The molecule has 2 heteroatoms. The van der Waals surface area contributed by atoms with Gasteiger partial charge in [0.05, 0.1) is 0 Å². The molecule has 4 rings (SSSR count). The zero-order chi connectivity index (χ0) is 13.6.